The fourth-order valence-corrected chi connectivity index (χ4v) is 1.31. The molecule has 0 aliphatic rings. The van der Waals surface area contributed by atoms with E-state index in [9.17, 15) is 9.59 Å². The molecule has 6 nitrogen and oxygen atoms in total. The van der Waals surface area contributed by atoms with E-state index in [0.29, 0.717) is 12.3 Å². The molecule has 0 saturated heterocycles. The number of carboxylic acid groups (broad SMARTS) is 1. The number of benzene rings is 1. The Morgan fingerprint density at radius 3 is 2.61 bits per heavy atom. The summed E-state index contributed by atoms with van der Waals surface area (Å²) in [7, 11) is 1.40. The van der Waals surface area contributed by atoms with Gasteiger partial charge in [0.15, 0.2) is 18.1 Å². The molecule has 0 bridgehead atoms. The standard InChI is InChI=1S/C12H15NO5/c1-3-13-11(14)7-18-9-5-4-8(12(15)16)6-10(9)17-2/h4-6H,3,7H2,1-2H3,(H,13,14)(H,15,16). The quantitative estimate of drug-likeness (QED) is 0.787. The third kappa shape index (κ3) is 3.65. The first-order valence-corrected chi connectivity index (χ1v) is 5.39. The number of nitrogens with one attached hydrogen (secondary N) is 1. The lowest BCUT2D eigenvalue weighted by Gasteiger charge is -2.10. The van der Waals surface area contributed by atoms with Gasteiger partial charge in [-0.05, 0) is 25.1 Å². The van der Waals surface area contributed by atoms with Gasteiger partial charge in [-0.25, -0.2) is 4.79 Å². The Balaban J connectivity index is 2.76. The number of ether oxygens (including phenoxy) is 2. The SMILES string of the molecule is CCNC(=O)COc1ccc(C(=O)O)cc1OC. The Bertz CT molecular complexity index is 444. The maximum absolute atomic E-state index is 11.2. The van der Waals surface area contributed by atoms with E-state index in [-0.39, 0.29) is 23.8 Å². The van der Waals surface area contributed by atoms with Gasteiger partial charge in [0.25, 0.3) is 5.91 Å². The average molecular weight is 253 g/mol. The first kappa shape index (κ1) is 13.8. The number of likely N-dealkylation sites (N-methyl/N-ethyl adjacent to an activating group) is 1. The van der Waals surface area contributed by atoms with Crippen LogP contribution in [0.2, 0.25) is 0 Å². The van der Waals surface area contributed by atoms with Crippen LogP contribution in [0.3, 0.4) is 0 Å². The molecule has 1 aromatic rings. The summed E-state index contributed by atoms with van der Waals surface area (Å²) < 4.78 is 10.3. The van der Waals surface area contributed by atoms with Gasteiger partial charge in [0.05, 0.1) is 12.7 Å². The zero-order chi connectivity index (χ0) is 13.5. The third-order valence-corrected chi connectivity index (χ3v) is 2.14. The molecule has 2 N–H and O–H groups in total. The minimum atomic E-state index is -1.05. The van der Waals surface area contributed by atoms with Gasteiger partial charge in [0.2, 0.25) is 0 Å². The maximum atomic E-state index is 11.2. The van der Waals surface area contributed by atoms with E-state index in [1.165, 1.54) is 25.3 Å². The van der Waals surface area contributed by atoms with Crippen molar-refractivity contribution in [2.45, 2.75) is 6.92 Å². The number of rotatable bonds is 6. The van der Waals surface area contributed by atoms with Gasteiger partial charge in [0, 0.05) is 6.54 Å². The predicted molar refractivity (Wildman–Crippen MR) is 64.1 cm³/mol. The molecular formula is C12H15NO5. The molecule has 0 spiro atoms. The number of aromatic carboxylic acids is 1. The maximum Gasteiger partial charge on any atom is 0.335 e. The number of hydrogen-bond acceptors (Lipinski definition) is 4. The Morgan fingerprint density at radius 1 is 1.33 bits per heavy atom. The Kier molecular flexibility index (Phi) is 4.98. The molecule has 0 aromatic heterocycles. The number of carbonyl (C=O) groups excluding carboxylic acids is 1. The second-order valence-electron chi connectivity index (χ2n) is 3.41. The molecule has 0 fully saturated rings. The normalized spacial score (nSPS) is 9.67. The van der Waals surface area contributed by atoms with Crippen molar-refractivity contribution in [1.82, 2.24) is 5.32 Å². The highest BCUT2D eigenvalue weighted by atomic mass is 16.5. The van der Waals surface area contributed by atoms with Crippen molar-refractivity contribution in [3.8, 4) is 11.5 Å². The highest BCUT2D eigenvalue weighted by Gasteiger charge is 2.11. The molecule has 1 aromatic carbocycles. The molecule has 98 valence electrons. The predicted octanol–water partition coefficient (Wildman–Crippen LogP) is 0.908. The van der Waals surface area contributed by atoms with E-state index in [0.717, 1.165) is 0 Å². The summed E-state index contributed by atoms with van der Waals surface area (Å²) in [6.45, 7) is 2.19. The topological polar surface area (TPSA) is 84.9 Å². The van der Waals surface area contributed by atoms with Crippen molar-refractivity contribution in [1.29, 1.82) is 0 Å². The summed E-state index contributed by atoms with van der Waals surface area (Å²) in [5.41, 5.74) is 0.0946. The van der Waals surface area contributed by atoms with Gasteiger partial charge >= 0.3 is 5.97 Å². The Labute approximate surface area is 105 Å². The molecule has 0 radical (unpaired) electrons. The zero-order valence-electron chi connectivity index (χ0n) is 10.2. The second-order valence-corrected chi connectivity index (χ2v) is 3.41. The Hall–Kier alpha value is -2.24. The fourth-order valence-electron chi connectivity index (χ4n) is 1.31. The lowest BCUT2D eigenvalue weighted by atomic mass is 10.2. The molecule has 0 unspecified atom stereocenters. The van der Waals surface area contributed by atoms with Crippen molar-refractivity contribution in [3.63, 3.8) is 0 Å². The van der Waals surface area contributed by atoms with Crippen LogP contribution in [0.5, 0.6) is 11.5 Å². The van der Waals surface area contributed by atoms with Gasteiger partial charge < -0.3 is 19.9 Å². The van der Waals surface area contributed by atoms with Crippen LogP contribution in [0.25, 0.3) is 0 Å². The summed E-state index contributed by atoms with van der Waals surface area (Å²) in [5.74, 6) is -0.696. The highest BCUT2D eigenvalue weighted by Crippen LogP contribution is 2.27. The van der Waals surface area contributed by atoms with Crippen molar-refractivity contribution in [3.05, 3.63) is 23.8 Å². The van der Waals surface area contributed by atoms with Crippen LogP contribution in [-0.2, 0) is 4.79 Å². The van der Waals surface area contributed by atoms with Gasteiger partial charge in [0.1, 0.15) is 0 Å². The van der Waals surface area contributed by atoms with E-state index < -0.39 is 5.97 Å². The highest BCUT2D eigenvalue weighted by molar-refractivity contribution is 5.88. The van der Waals surface area contributed by atoms with E-state index >= 15 is 0 Å². The molecule has 0 saturated carbocycles. The minimum Gasteiger partial charge on any atom is -0.493 e. The molecule has 6 heteroatoms. The van der Waals surface area contributed by atoms with Crippen LogP contribution < -0.4 is 14.8 Å². The summed E-state index contributed by atoms with van der Waals surface area (Å²) in [6, 6.07) is 4.19. The van der Waals surface area contributed by atoms with E-state index in [4.69, 9.17) is 14.6 Å². The first-order chi connectivity index (χ1) is 8.58. The summed E-state index contributed by atoms with van der Waals surface area (Å²) in [6.07, 6.45) is 0. The van der Waals surface area contributed by atoms with Crippen LogP contribution in [0.15, 0.2) is 18.2 Å². The van der Waals surface area contributed by atoms with Crippen molar-refractivity contribution >= 4 is 11.9 Å². The first-order valence-electron chi connectivity index (χ1n) is 5.39. The average Bonchev–Trinajstić information content (AvgIpc) is 2.36. The van der Waals surface area contributed by atoms with Crippen LogP contribution in [0.4, 0.5) is 0 Å². The number of carbonyl (C=O) groups is 2. The molecule has 0 aliphatic carbocycles. The molecule has 0 aliphatic heterocycles. The Morgan fingerprint density at radius 2 is 2.06 bits per heavy atom. The fraction of sp³-hybridized carbons (Fsp3) is 0.333. The van der Waals surface area contributed by atoms with Crippen molar-refractivity contribution in [2.75, 3.05) is 20.3 Å². The number of carboxylic acids is 1. The van der Waals surface area contributed by atoms with Crippen molar-refractivity contribution in [2.24, 2.45) is 0 Å². The lowest BCUT2D eigenvalue weighted by molar-refractivity contribution is -0.123. The zero-order valence-corrected chi connectivity index (χ0v) is 10.2. The van der Waals surface area contributed by atoms with Crippen LogP contribution in [0, 0.1) is 0 Å². The molecule has 0 heterocycles. The molecule has 18 heavy (non-hydrogen) atoms. The van der Waals surface area contributed by atoms with Gasteiger partial charge in [-0.2, -0.15) is 0 Å². The molecular weight excluding hydrogens is 238 g/mol. The molecule has 0 atom stereocenters. The summed E-state index contributed by atoms with van der Waals surface area (Å²) in [5, 5.41) is 11.4. The van der Waals surface area contributed by atoms with E-state index in [1.807, 2.05) is 0 Å². The van der Waals surface area contributed by atoms with Crippen molar-refractivity contribution < 1.29 is 24.2 Å². The number of hydrogen-bond donors (Lipinski definition) is 2. The van der Waals surface area contributed by atoms with Gasteiger partial charge in [-0.3, -0.25) is 4.79 Å². The molecule has 1 rings (SSSR count). The van der Waals surface area contributed by atoms with Gasteiger partial charge in [-0.15, -0.1) is 0 Å². The number of amides is 1. The monoisotopic (exact) mass is 253 g/mol. The largest absolute Gasteiger partial charge is 0.493 e. The van der Waals surface area contributed by atoms with E-state index in [1.54, 1.807) is 6.92 Å². The summed E-state index contributed by atoms with van der Waals surface area (Å²) >= 11 is 0. The lowest BCUT2D eigenvalue weighted by Crippen LogP contribution is -2.28. The third-order valence-electron chi connectivity index (χ3n) is 2.14. The molecule has 1 amide bonds. The second kappa shape index (κ2) is 6.48. The van der Waals surface area contributed by atoms with Crippen LogP contribution in [-0.4, -0.2) is 37.2 Å². The summed E-state index contributed by atoms with van der Waals surface area (Å²) in [4.78, 5) is 22.0. The smallest absolute Gasteiger partial charge is 0.335 e. The minimum absolute atomic E-state index is 0.0946. The van der Waals surface area contributed by atoms with Gasteiger partial charge in [-0.1, -0.05) is 0 Å². The number of methoxy groups -OCH3 is 1. The van der Waals surface area contributed by atoms with Crippen LogP contribution >= 0.6 is 0 Å². The van der Waals surface area contributed by atoms with Crippen LogP contribution in [0.1, 0.15) is 17.3 Å². The van der Waals surface area contributed by atoms with E-state index in [2.05, 4.69) is 5.32 Å².